The zero-order valence-corrected chi connectivity index (χ0v) is 5.59. The van der Waals surface area contributed by atoms with Gasteiger partial charge in [0.2, 0.25) is 0 Å². The Bertz CT molecular complexity index is 88.5. The summed E-state index contributed by atoms with van der Waals surface area (Å²) in [4.78, 5) is 0. The van der Waals surface area contributed by atoms with Crippen molar-refractivity contribution in [3.8, 4) is 0 Å². The van der Waals surface area contributed by atoms with E-state index in [1.807, 2.05) is 0 Å². The van der Waals surface area contributed by atoms with E-state index < -0.39 is 0 Å². The van der Waals surface area contributed by atoms with Gasteiger partial charge in [0.15, 0.2) is 0 Å². The van der Waals surface area contributed by atoms with Crippen LogP contribution < -0.4 is 0 Å². The minimum Gasteiger partial charge on any atom is -0.390 e. The molecule has 2 nitrogen and oxygen atoms in total. The van der Waals surface area contributed by atoms with Crippen LogP contribution in [0.25, 0.3) is 0 Å². The van der Waals surface area contributed by atoms with Gasteiger partial charge in [-0.25, -0.2) is 0 Å². The van der Waals surface area contributed by atoms with Crippen molar-refractivity contribution in [1.82, 2.24) is 0 Å². The molecule has 2 heteroatoms. The maximum Gasteiger partial charge on any atom is 0.117 e. The summed E-state index contributed by atoms with van der Waals surface area (Å²) in [5.74, 6) is 0. The molecule has 8 heavy (non-hydrogen) atoms. The van der Waals surface area contributed by atoms with Crippen molar-refractivity contribution >= 4 is 0 Å². The van der Waals surface area contributed by atoms with Crippen LogP contribution in [0.5, 0.6) is 0 Å². The molecule has 1 rings (SSSR count). The molecule has 0 aliphatic carbocycles. The third-order valence-corrected chi connectivity index (χ3v) is 2.24. The molecule has 0 amide bonds. The average molecular weight is 116 g/mol. The van der Waals surface area contributed by atoms with E-state index in [-0.39, 0.29) is 0 Å². The van der Waals surface area contributed by atoms with Crippen molar-refractivity contribution in [3.63, 3.8) is 0 Å². The molecule has 1 aliphatic rings. The van der Waals surface area contributed by atoms with Crippen LogP contribution in [-0.2, 0) is 0 Å². The summed E-state index contributed by atoms with van der Waals surface area (Å²) in [5.41, 5.74) is 0. The first-order chi connectivity index (χ1) is 3.67. The van der Waals surface area contributed by atoms with E-state index in [9.17, 15) is 0 Å². The Morgan fingerprint density at radius 3 is 2.25 bits per heavy atom. The first kappa shape index (κ1) is 6.05. The van der Waals surface area contributed by atoms with Crippen molar-refractivity contribution in [2.24, 2.45) is 0 Å². The number of likely N-dealkylation sites (tertiary alicyclic amines) is 1. The molecule has 1 atom stereocenters. The molecule has 0 saturated carbocycles. The number of aliphatic hydroxyl groups excluding tert-OH is 1. The summed E-state index contributed by atoms with van der Waals surface area (Å²) in [7, 11) is 4.31. The lowest BCUT2D eigenvalue weighted by Gasteiger charge is -2.45. The molecule has 1 saturated heterocycles. The quantitative estimate of drug-likeness (QED) is 0.471. The fourth-order valence-electron chi connectivity index (χ4n) is 1.14. The Labute approximate surface area is 50.3 Å². The maximum absolute atomic E-state index is 8.71. The largest absolute Gasteiger partial charge is 0.390 e. The Morgan fingerprint density at radius 2 is 2.25 bits per heavy atom. The summed E-state index contributed by atoms with van der Waals surface area (Å²) < 4.78 is 1.01. The standard InChI is InChI=1S/C6H14NO/c1-7(2)4-3-6(7)5-8/h6,8H,3-5H2,1-2H3/q+1/t6-/m0/s1. The van der Waals surface area contributed by atoms with Crippen LogP contribution >= 0.6 is 0 Å². The van der Waals surface area contributed by atoms with E-state index in [4.69, 9.17) is 5.11 Å². The number of hydrogen-bond donors (Lipinski definition) is 1. The highest BCUT2D eigenvalue weighted by Gasteiger charge is 2.37. The molecule has 0 aromatic rings. The maximum atomic E-state index is 8.71. The van der Waals surface area contributed by atoms with Gasteiger partial charge in [0, 0.05) is 0 Å². The van der Waals surface area contributed by atoms with Crippen molar-refractivity contribution in [1.29, 1.82) is 0 Å². The zero-order chi connectivity index (χ0) is 6.20. The van der Waals surface area contributed by atoms with Crippen molar-refractivity contribution in [2.75, 3.05) is 27.2 Å². The predicted octanol–water partition coefficient (Wildman–Crippen LogP) is -0.173. The number of nitrogens with zero attached hydrogens (tertiary/aromatic N) is 1. The third-order valence-electron chi connectivity index (χ3n) is 2.24. The molecule has 0 unspecified atom stereocenters. The third kappa shape index (κ3) is 0.740. The van der Waals surface area contributed by atoms with E-state index in [1.165, 1.54) is 13.0 Å². The predicted molar refractivity (Wildman–Crippen MR) is 32.5 cm³/mol. The normalized spacial score (nSPS) is 34.1. The monoisotopic (exact) mass is 116 g/mol. The average Bonchev–Trinajstić information content (AvgIpc) is 1.66. The van der Waals surface area contributed by atoms with E-state index in [0.717, 1.165) is 4.48 Å². The molecule has 48 valence electrons. The van der Waals surface area contributed by atoms with Gasteiger partial charge in [0.25, 0.3) is 0 Å². The molecule has 1 fully saturated rings. The van der Waals surface area contributed by atoms with Crippen LogP contribution in [-0.4, -0.2) is 42.9 Å². The second-order valence-electron chi connectivity index (χ2n) is 3.13. The Morgan fingerprint density at radius 1 is 1.62 bits per heavy atom. The van der Waals surface area contributed by atoms with Crippen molar-refractivity contribution in [3.05, 3.63) is 0 Å². The molecular weight excluding hydrogens is 102 g/mol. The Kier molecular flexibility index (Phi) is 1.29. The van der Waals surface area contributed by atoms with Crippen molar-refractivity contribution < 1.29 is 9.59 Å². The molecule has 0 radical (unpaired) electrons. The molecule has 0 spiro atoms. The van der Waals surface area contributed by atoms with Crippen LogP contribution in [0.15, 0.2) is 0 Å². The van der Waals surface area contributed by atoms with Gasteiger partial charge in [0.05, 0.1) is 33.7 Å². The van der Waals surface area contributed by atoms with Gasteiger partial charge in [-0.1, -0.05) is 0 Å². The summed E-state index contributed by atoms with van der Waals surface area (Å²) in [6.45, 7) is 1.58. The highest BCUT2D eigenvalue weighted by Crippen LogP contribution is 2.21. The van der Waals surface area contributed by atoms with Crippen LogP contribution in [0.3, 0.4) is 0 Å². The first-order valence-corrected chi connectivity index (χ1v) is 3.10. The van der Waals surface area contributed by atoms with E-state index in [2.05, 4.69) is 14.1 Å². The topological polar surface area (TPSA) is 20.2 Å². The summed E-state index contributed by atoms with van der Waals surface area (Å²) in [6.07, 6.45) is 1.20. The van der Waals surface area contributed by atoms with Gasteiger partial charge < -0.3 is 9.59 Å². The second kappa shape index (κ2) is 1.71. The molecule has 0 aromatic carbocycles. The molecule has 1 aliphatic heterocycles. The number of aliphatic hydroxyl groups is 1. The minimum absolute atomic E-state index is 0.354. The fraction of sp³-hybridized carbons (Fsp3) is 1.00. The summed E-state index contributed by atoms with van der Waals surface area (Å²) in [5, 5.41) is 8.71. The van der Waals surface area contributed by atoms with Gasteiger partial charge >= 0.3 is 0 Å². The van der Waals surface area contributed by atoms with Gasteiger partial charge in [-0.2, -0.15) is 0 Å². The van der Waals surface area contributed by atoms with Gasteiger partial charge in [0.1, 0.15) is 6.04 Å². The Hall–Kier alpha value is -0.0800. The molecular formula is C6H14NO+. The lowest BCUT2D eigenvalue weighted by atomic mass is 10.0. The van der Waals surface area contributed by atoms with Gasteiger partial charge in [-0.05, 0) is 0 Å². The SMILES string of the molecule is C[N+]1(C)CC[C@H]1CO. The molecule has 0 aromatic heterocycles. The highest BCUT2D eigenvalue weighted by molar-refractivity contribution is 4.64. The zero-order valence-electron chi connectivity index (χ0n) is 5.59. The Balaban J connectivity index is 2.37. The number of rotatable bonds is 1. The smallest absolute Gasteiger partial charge is 0.117 e. The fourth-order valence-corrected chi connectivity index (χ4v) is 1.14. The second-order valence-corrected chi connectivity index (χ2v) is 3.13. The van der Waals surface area contributed by atoms with Crippen LogP contribution in [0.4, 0.5) is 0 Å². The van der Waals surface area contributed by atoms with E-state index in [1.54, 1.807) is 0 Å². The van der Waals surface area contributed by atoms with Crippen LogP contribution in [0.1, 0.15) is 6.42 Å². The minimum atomic E-state index is 0.354. The number of likely N-dealkylation sites (N-methyl/N-ethyl adjacent to an activating group) is 1. The molecule has 0 bridgehead atoms. The number of hydrogen-bond acceptors (Lipinski definition) is 1. The van der Waals surface area contributed by atoms with Crippen LogP contribution in [0, 0.1) is 0 Å². The van der Waals surface area contributed by atoms with Crippen LogP contribution in [0.2, 0.25) is 0 Å². The number of quaternary nitrogens is 1. The lowest BCUT2D eigenvalue weighted by molar-refractivity contribution is -0.955. The first-order valence-electron chi connectivity index (χ1n) is 3.10. The highest BCUT2D eigenvalue weighted by atomic mass is 16.3. The van der Waals surface area contributed by atoms with Gasteiger partial charge in [-0.15, -0.1) is 0 Å². The van der Waals surface area contributed by atoms with E-state index in [0.29, 0.717) is 12.6 Å². The van der Waals surface area contributed by atoms with Gasteiger partial charge in [-0.3, -0.25) is 0 Å². The molecule has 1 N–H and O–H groups in total. The summed E-state index contributed by atoms with van der Waals surface area (Å²) in [6, 6.07) is 0.523. The molecule has 1 heterocycles. The lowest BCUT2D eigenvalue weighted by Crippen LogP contribution is -2.61. The van der Waals surface area contributed by atoms with E-state index >= 15 is 0 Å². The van der Waals surface area contributed by atoms with Crippen molar-refractivity contribution in [2.45, 2.75) is 12.5 Å². The summed E-state index contributed by atoms with van der Waals surface area (Å²) >= 11 is 0.